The normalized spacial score (nSPS) is 11.6. The summed E-state index contributed by atoms with van der Waals surface area (Å²) in [5.41, 5.74) is 8.77. The van der Waals surface area contributed by atoms with Gasteiger partial charge in [-0.3, -0.25) is 0 Å². The van der Waals surface area contributed by atoms with E-state index in [9.17, 15) is 0 Å². The lowest BCUT2D eigenvalue weighted by molar-refractivity contribution is 0.542. The van der Waals surface area contributed by atoms with Crippen LogP contribution in [0.1, 0.15) is 79.5 Å². The second-order valence-corrected chi connectivity index (χ2v) is 8.95. The van der Waals surface area contributed by atoms with Gasteiger partial charge in [0.05, 0.1) is 22.5 Å². The number of rotatable bonds is 2. The maximum Gasteiger partial charge on any atom is 0.162 e. The number of hydrogen-bond donors (Lipinski definition) is 0. The van der Waals surface area contributed by atoms with Crippen molar-refractivity contribution < 1.29 is 0 Å². The Morgan fingerprint density at radius 2 is 1.00 bits per heavy atom. The van der Waals surface area contributed by atoms with E-state index in [0.29, 0.717) is 12.1 Å². The molecule has 0 radical (unpaired) electrons. The molecule has 166 valence electrons. The first-order chi connectivity index (χ1) is 14.4. The molecule has 4 heterocycles. The lowest BCUT2D eigenvalue weighted by Crippen LogP contribution is -2.04. The van der Waals surface area contributed by atoms with Gasteiger partial charge in [-0.25, -0.2) is 24.3 Å². The summed E-state index contributed by atoms with van der Waals surface area (Å²) in [5, 5.41) is 11.4. The molecule has 4 aromatic rings. The molecule has 0 bridgehead atoms. The molecule has 0 atom stereocenters. The first-order valence-electron chi connectivity index (χ1n) is 11.0. The molecule has 0 unspecified atom stereocenters. The van der Waals surface area contributed by atoms with Crippen molar-refractivity contribution >= 4 is 22.1 Å². The van der Waals surface area contributed by atoms with Gasteiger partial charge in [-0.05, 0) is 87.3 Å². The fourth-order valence-corrected chi connectivity index (χ4v) is 4.05. The van der Waals surface area contributed by atoms with Gasteiger partial charge in [0.25, 0.3) is 0 Å². The number of nitrogens with zero attached hydrogens (tertiary/aromatic N) is 7. The van der Waals surface area contributed by atoms with E-state index in [1.165, 1.54) is 16.5 Å². The van der Waals surface area contributed by atoms with Crippen LogP contribution in [0.5, 0.6) is 0 Å². The molecular formula is C24H35N7. The molecule has 0 fully saturated rings. The van der Waals surface area contributed by atoms with E-state index >= 15 is 0 Å². The highest BCUT2D eigenvalue weighted by atomic mass is 15.3. The molecule has 7 nitrogen and oxygen atoms in total. The Morgan fingerprint density at radius 3 is 1.52 bits per heavy atom. The van der Waals surface area contributed by atoms with E-state index in [2.05, 4.69) is 80.5 Å². The highest BCUT2D eigenvalue weighted by Gasteiger charge is 2.16. The second-order valence-electron chi connectivity index (χ2n) is 8.95. The lowest BCUT2D eigenvalue weighted by Gasteiger charge is -2.09. The topological polar surface area (TPSA) is 74.3 Å². The molecule has 7 heteroatoms. The summed E-state index contributed by atoms with van der Waals surface area (Å²) < 4.78 is 3.98. The number of fused-ring (bicyclic) bond motifs is 2. The van der Waals surface area contributed by atoms with Gasteiger partial charge in [0.15, 0.2) is 11.3 Å². The maximum absolute atomic E-state index is 4.68. The minimum atomic E-state index is 0.329. The van der Waals surface area contributed by atoms with Gasteiger partial charge in [0.2, 0.25) is 0 Å². The van der Waals surface area contributed by atoms with E-state index in [1.54, 1.807) is 0 Å². The molecule has 31 heavy (non-hydrogen) atoms. The predicted molar refractivity (Wildman–Crippen MR) is 127 cm³/mol. The Bertz CT molecular complexity index is 1260. The predicted octanol–water partition coefficient (Wildman–Crippen LogP) is 5.58. The lowest BCUT2D eigenvalue weighted by atomic mass is 10.1. The molecule has 0 N–H and O–H groups in total. The molecule has 4 aromatic heterocycles. The van der Waals surface area contributed by atoms with E-state index in [1.807, 2.05) is 30.1 Å². The first-order valence-corrected chi connectivity index (χ1v) is 11.0. The summed E-state index contributed by atoms with van der Waals surface area (Å²) in [6.45, 7) is 22.8. The zero-order valence-electron chi connectivity index (χ0n) is 20.8. The van der Waals surface area contributed by atoms with Crippen molar-refractivity contribution in [3.8, 4) is 0 Å². The highest BCUT2D eigenvalue weighted by molar-refractivity contribution is 5.83. The van der Waals surface area contributed by atoms with Gasteiger partial charge >= 0.3 is 0 Å². The minimum Gasteiger partial charge on any atom is -0.244 e. The Hall–Kier alpha value is -2.83. The van der Waals surface area contributed by atoms with Crippen LogP contribution in [0.25, 0.3) is 22.1 Å². The molecule has 0 saturated heterocycles. The first kappa shape index (κ1) is 22.8. The van der Waals surface area contributed by atoms with E-state index in [4.69, 9.17) is 0 Å². The summed E-state index contributed by atoms with van der Waals surface area (Å²) >= 11 is 0. The molecule has 0 aliphatic carbocycles. The molecular weight excluding hydrogens is 386 g/mol. The smallest absolute Gasteiger partial charge is 0.162 e. The Balaban J connectivity index is 0.000000176. The molecule has 0 spiro atoms. The SMILES string of the molecule is Cc1nc(C)c2c(C)nn(C(C)C)c2n1.Cc1nc2c(c(C)nn2C(C)C)c(C)c1C. The van der Waals surface area contributed by atoms with Crippen LogP contribution < -0.4 is 0 Å². The Kier molecular flexibility index (Phi) is 6.16. The van der Waals surface area contributed by atoms with Crippen molar-refractivity contribution in [2.45, 2.75) is 88.2 Å². The summed E-state index contributed by atoms with van der Waals surface area (Å²) in [6.07, 6.45) is 0. The van der Waals surface area contributed by atoms with Gasteiger partial charge in [0.1, 0.15) is 5.82 Å². The summed E-state index contributed by atoms with van der Waals surface area (Å²) in [7, 11) is 0. The molecule has 4 rings (SSSR count). The number of pyridine rings is 1. The van der Waals surface area contributed by atoms with E-state index in [-0.39, 0.29) is 0 Å². The third-order valence-corrected chi connectivity index (χ3v) is 5.81. The number of aryl methyl sites for hydroxylation is 6. The zero-order chi connectivity index (χ0) is 23.2. The molecule has 0 aliphatic heterocycles. The van der Waals surface area contributed by atoms with Gasteiger partial charge < -0.3 is 0 Å². The Morgan fingerprint density at radius 1 is 0.516 bits per heavy atom. The van der Waals surface area contributed by atoms with E-state index in [0.717, 1.165) is 45.3 Å². The van der Waals surface area contributed by atoms with Crippen LogP contribution in [-0.4, -0.2) is 34.5 Å². The van der Waals surface area contributed by atoms with Crippen LogP contribution in [0.2, 0.25) is 0 Å². The van der Waals surface area contributed by atoms with Crippen molar-refractivity contribution in [2.75, 3.05) is 0 Å². The van der Waals surface area contributed by atoms with Crippen LogP contribution in [0.15, 0.2) is 0 Å². The maximum atomic E-state index is 4.68. The van der Waals surface area contributed by atoms with Crippen molar-refractivity contribution in [2.24, 2.45) is 0 Å². The van der Waals surface area contributed by atoms with Gasteiger partial charge in [-0.15, -0.1) is 0 Å². The fourth-order valence-electron chi connectivity index (χ4n) is 4.05. The van der Waals surface area contributed by atoms with Crippen molar-refractivity contribution in [3.05, 3.63) is 39.7 Å². The van der Waals surface area contributed by atoms with Crippen molar-refractivity contribution in [1.29, 1.82) is 0 Å². The minimum absolute atomic E-state index is 0.329. The third kappa shape index (κ3) is 4.05. The van der Waals surface area contributed by atoms with Gasteiger partial charge in [0, 0.05) is 23.2 Å². The zero-order valence-corrected chi connectivity index (χ0v) is 20.8. The second kappa shape index (κ2) is 8.36. The van der Waals surface area contributed by atoms with Crippen LogP contribution in [-0.2, 0) is 0 Å². The number of aromatic nitrogens is 7. The third-order valence-electron chi connectivity index (χ3n) is 5.81. The van der Waals surface area contributed by atoms with Gasteiger partial charge in [-0.1, -0.05) is 0 Å². The Labute approximate surface area is 184 Å². The molecule has 0 saturated carbocycles. The van der Waals surface area contributed by atoms with Crippen molar-refractivity contribution in [3.63, 3.8) is 0 Å². The number of hydrogen-bond acceptors (Lipinski definition) is 5. The summed E-state index contributed by atoms with van der Waals surface area (Å²) in [4.78, 5) is 13.5. The largest absolute Gasteiger partial charge is 0.244 e. The molecule has 0 amide bonds. The molecule has 0 aliphatic rings. The average molecular weight is 422 g/mol. The van der Waals surface area contributed by atoms with Crippen molar-refractivity contribution in [1.82, 2.24) is 34.5 Å². The van der Waals surface area contributed by atoms with Crippen LogP contribution in [0, 0.1) is 48.5 Å². The molecule has 0 aromatic carbocycles. The summed E-state index contributed by atoms with van der Waals surface area (Å²) in [5.74, 6) is 0.807. The standard InChI is InChI=1S/C13H19N3.C11H16N4/c1-7(2)16-13-12(11(6)15-16)9(4)8(3)10(5)14-13;1-6(2)15-11-10(8(4)14-15)7(3)12-9(5)13-11/h7H,1-6H3;6H,1-5H3. The monoisotopic (exact) mass is 421 g/mol. The van der Waals surface area contributed by atoms with Crippen LogP contribution in [0.4, 0.5) is 0 Å². The quantitative estimate of drug-likeness (QED) is 0.422. The van der Waals surface area contributed by atoms with E-state index < -0.39 is 0 Å². The summed E-state index contributed by atoms with van der Waals surface area (Å²) in [6, 6.07) is 0.681. The fraction of sp³-hybridized carbons (Fsp3) is 0.542. The average Bonchev–Trinajstić information content (AvgIpc) is 3.17. The van der Waals surface area contributed by atoms with Crippen LogP contribution >= 0.6 is 0 Å². The van der Waals surface area contributed by atoms with Gasteiger partial charge in [-0.2, -0.15) is 10.2 Å². The highest BCUT2D eigenvalue weighted by Crippen LogP contribution is 2.26. The van der Waals surface area contributed by atoms with Crippen LogP contribution in [0.3, 0.4) is 0 Å².